The average Bonchev–Trinajstić information content (AvgIpc) is 3.20. The molecule has 1 aromatic heterocycles. The maximum absolute atomic E-state index is 13.1. The average molecular weight is 427 g/mol. The van der Waals surface area contributed by atoms with Crippen molar-refractivity contribution in [3.05, 3.63) is 87.1 Å². The van der Waals surface area contributed by atoms with Crippen LogP contribution < -0.4 is 5.32 Å². The second kappa shape index (κ2) is 8.10. The number of sulfonamides is 1. The smallest absolute Gasteiger partial charge is 0.251 e. The quantitative estimate of drug-likeness (QED) is 0.676. The largest absolute Gasteiger partial charge is 0.348 e. The number of benzene rings is 2. The van der Waals surface area contributed by atoms with Gasteiger partial charge in [0.25, 0.3) is 5.91 Å². The summed E-state index contributed by atoms with van der Waals surface area (Å²) in [6.45, 7) is 3.23. The van der Waals surface area contributed by atoms with Gasteiger partial charge < -0.3 is 5.32 Å². The van der Waals surface area contributed by atoms with Crippen LogP contribution in [0.5, 0.6) is 0 Å². The van der Waals surface area contributed by atoms with Gasteiger partial charge in [-0.05, 0) is 54.1 Å². The second-order valence-electron chi connectivity index (χ2n) is 7.16. The Labute approximate surface area is 175 Å². The summed E-state index contributed by atoms with van der Waals surface area (Å²) in [6, 6.07) is 16.2. The van der Waals surface area contributed by atoms with Crippen molar-refractivity contribution in [1.29, 1.82) is 0 Å². The Kier molecular flexibility index (Phi) is 5.54. The molecule has 0 fully saturated rings. The Balaban J connectivity index is 1.50. The summed E-state index contributed by atoms with van der Waals surface area (Å²) in [5.41, 5.74) is 3.53. The molecule has 0 bridgehead atoms. The first-order chi connectivity index (χ1) is 13.9. The summed E-state index contributed by atoms with van der Waals surface area (Å²) < 4.78 is 27.7. The van der Waals surface area contributed by atoms with Crippen molar-refractivity contribution >= 4 is 27.3 Å². The fourth-order valence-electron chi connectivity index (χ4n) is 3.48. The Morgan fingerprint density at radius 3 is 2.79 bits per heavy atom. The topological polar surface area (TPSA) is 66.5 Å². The second-order valence-corrected chi connectivity index (χ2v) is 10.1. The van der Waals surface area contributed by atoms with Crippen LogP contribution in [0.3, 0.4) is 0 Å². The molecule has 4 rings (SSSR count). The summed E-state index contributed by atoms with van der Waals surface area (Å²) in [7, 11) is -3.65. The highest BCUT2D eigenvalue weighted by Crippen LogP contribution is 2.28. The minimum absolute atomic E-state index is 0.152. The lowest BCUT2D eigenvalue weighted by Crippen LogP contribution is -2.35. The van der Waals surface area contributed by atoms with Crippen LogP contribution in [0.25, 0.3) is 0 Å². The maximum atomic E-state index is 13.1. The standard InChI is InChI=1S/C22H22N2O3S2/c1-16-4-2-5-17(12-16)14-23-22(25)18-6-3-7-20(13-18)29(26,27)24-10-8-21-19(15-24)9-11-28-21/h2-7,9,11-13H,8,10,14-15H2,1H3,(H,23,25). The molecule has 0 aliphatic carbocycles. The number of rotatable bonds is 5. The number of nitrogens with zero attached hydrogens (tertiary/aromatic N) is 1. The third kappa shape index (κ3) is 4.27. The molecule has 3 aromatic rings. The predicted octanol–water partition coefficient (Wildman–Crippen LogP) is 3.73. The van der Waals surface area contributed by atoms with Gasteiger partial charge in [-0.15, -0.1) is 11.3 Å². The first-order valence-electron chi connectivity index (χ1n) is 9.43. The lowest BCUT2D eigenvalue weighted by Gasteiger charge is -2.26. The van der Waals surface area contributed by atoms with Crippen molar-refractivity contribution in [2.24, 2.45) is 0 Å². The SMILES string of the molecule is Cc1cccc(CNC(=O)c2cccc(S(=O)(=O)N3CCc4sccc4C3)c2)c1. The number of carbonyl (C=O) groups is 1. The van der Waals surface area contributed by atoms with E-state index in [0.29, 0.717) is 25.2 Å². The van der Waals surface area contributed by atoms with Gasteiger partial charge in [0.05, 0.1) is 4.90 Å². The number of thiophene rings is 1. The molecule has 1 amide bonds. The van der Waals surface area contributed by atoms with Crippen LogP contribution in [0.2, 0.25) is 0 Å². The molecule has 0 radical (unpaired) electrons. The monoisotopic (exact) mass is 426 g/mol. The molecule has 1 aliphatic heterocycles. The van der Waals surface area contributed by atoms with E-state index in [2.05, 4.69) is 5.32 Å². The number of fused-ring (bicyclic) bond motifs is 1. The Bertz CT molecular complexity index is 1150. The van der Waals surface area contributed by atoms with E-state index in [4.69, 9.17) is 0 Å². The normalized spacial score (nSPS) is 14.4. The van der Waals surface area contributed by atoms with E-state index in [1.165, 1.54) is 15.2 Å². The van der Waals surface area contributed by atoms with Gasteiger partial charge in [-0.25, -0.2) is 8.42 Å². The Morgan fingerprint density at radius 2 is 1.97 bits per heavy atom. The molecule has 2 heterocycles. The van der Waals surface area contributed by atoms with Gasteiger partial charge in [-0.3, -0.25) is 4.79 Å². The molecule has 0 atom stereocenters. The van der Waals surface area contributed by atoms with Gasteiger partial charge >= 0.3 is 0 Å². The fourth-order valence-corrected chi connectivity index (χ4v) is 5.84. The van der Waals surface area contributed by atoms with Crippen molar-refractivity contribution in [3.8, 4) is 0 Å². The fraction of sp³-hybridized carbons (Fsp3) is 0.227. The highest BCUT2D eigenvalue weighted by atomic mass is 32.2. The molecule has 150 valence electrons. The summed E-state index contributed by atoms with van der Waals surface area (Å²) in [5.74, 6) is -0.290. The minimum Gasteiger partial charge on any atom is -0.348 e. The molecule has 0 spiro atoms. The predicted molar refractivity (Wildman–Crippen MR) is 114 cm³/mol. The summed E-state index contributed by atoms with van der Waals surface area (Å²) in [4.78, 5) is 14.0. The van der Waals surface area contributed by atoms with Crippen LogP contribution in [0, 0.1) is 6.92 Å². The molecule has 0 unspecified atom stereocenters. The Hall–Kier alpha value is -2.48. The molecule has 0 saturated heterocycles. The van der Waals surface area contributed by atoms with E-state index in [1.807, 2.05) is 42.6 Å². The van der Waals surface area contributed by atoms with Crippen molar-refractivity contribution in [2.45, 2.75) is 31.3 Å². The van der Waals surface area contributed by atoms with Crippen LogP contribution >= 0.6 is 11.3 Å². The van der Waals surface area contributed by atoms with E-state index in [9.17, 15) is 13.2 Å². The summed E-state index contributed by atoms with van der Waals surface area (Å²) in [6.07, 6.45) is 0.725. The van der Waals surface area contributed by atoms with Crippen molar-refractivity contribution < 1.29 is 13.2 Å². The third-order valence-electron chi connectivity index (χ3n) is 5.04. The van der Waals surface area contributed by atoms with E-state index in [0.717, 1.165) is 23.1 Å². The zero-order valence-electron chi connectivity index (χ0n) is 16.1. The van der Waals surface area contributed by atoms with E-state index >= 15 is 0 Å². The van der Waals surface area contributed by atoms with Gasteiger partial charge in [0.15, 0.2) is 0 Å². The van der Waals surface area contributed by atoms with Crippen molar-refractivity contribution in [1.82, 2.24) is 9.62 Å². The van der Waals surface area contributed by atoms with E-state index in [-0.39, 0.29) is 10.8 Å². The van der Waals surface area contributed by atoms with Crippen LogP contribution in [0.4, 0.5) is 0 Å². The number of amides is 1. The Morgan fingerprint density at radius 1 is 1.14 bits per heavy atom. The van der Waals surface area contributed by atoms with Crippen molar-refractivity contribution in [2.75, 3.05) is 6.54 Å². The van der Waals surface area contributed by atoms with Gasteiger partial charge in [-0.1, -0.05) is 35.9 Å². The summed E-state index contributed by atoms with van der Waals surface area (Å²) >= 11 is 1.67. The van der Waals surface area contributed by atoms with Gasteiger partial charge in [0.2, 0.25) is 10.0 Å². The lowest BCUT2D eigenvalue weighted by molar-refractivity contribution is 0.0950. The minimum atomic E-state index is -3.65. The molecule has 5 nitrogen and oxygen atoms in total. The highest BCUT2D eigenvalue weighted by Gasteiger charge is 2.29. The van der Waals surface area contributed by atoms with E-state index < -0.39 is 10.0 Å². The first-order valence-corrected chi connectivity index (χ1v) is 11.7. The van der Waals surface area contributed by atoms with Gasteiger partial charge in [0.1, 0.15) is 0 Å². The number of hydrogen-bond donors (Lipinski definition) is 1. The number of aryl methyl sites for hydroxylation is 1. The zero-order chi connectivity index (χ0) is 20.4. The highest BCUT2D eigenvalue weighted by molar-refractivity contribution is 7.89. The van der Waals surface area contributed by atoms with Crippen LogP contribution in [-0.2, 0) is 29.5 Å². The molecule has 1 aliphatic rings. The van der Waals surface area contributed by atoms with Gasteiger partial charge in [0, 0.05) is 30.1 Å². The number of nitrogens with one attached hydrogen (secondary N) is 1. The maximum Gasteiger partial charge on any atom is 0.251 e. The molecule has 1 N–H and O–H groups in total. The molecule has 7 heteroatoms. The van der Waals surface area contributed by atoms with Crippen LogP contribution in [0.1, 0.15) is 31.9 Å². The first kappa shape index (κ1) is 19.8. The van der Waals surface area contributed by atoms with Crippen LogP contribution in [-0.4, -0.2) is 25.2 Å². The molecular formula is C22H22N2O3S2. The van der Waals surface area contributed by atoms with E-state index in [1.54, 1.807) is 29.5 Å². The van der Waals surface area contributed by atoms with Crippen LogP contribution in [0.15, 0.2) is 64.9 Å². The lowest BCUT2D eigenvalue weighted by atomic mass is 10.1. The summed E-state index contributed by atoms with van der Waals surface area (Å²) in [5, 5.41) is 4.86. The van der Waals surface area contributed by atoms with Crippen molar-refractivity contribution in [3.63, 3.8) is 0 Å². The molecule has 2 aromatic carbocycles. The zero-order valence-corrected chi connectivity index (χ0v) is 17.7. The number of hydrogen-bond acceptors (Lipinski definition) is 4. The van der Waals surface area contributed by atoms with Gasteiger partial charge in [-0.2, -0.15) is 4.31 Å². The molecule has 29 heavy (non-hydrogen) atoms. The third-order valence-corrected chi connectivity index (χ3v) is 7.91. The molecule has 0 saturated carbocycles. The number of carbonyl (C=O) groups excluding carboxylic acids is 1. The molecular weight excluding hydrogens is 404 g/mol.